The summed E-state index contributed by atoms with van der Waals surface area (Å²) >= 11 is 5.73. The van der Waals surface area contributed by atoms with Crippen molar-refractivity contribution in [2.45, 2.75) is 19.4 Å². The summed E-state index contributed by atoms with van der Waals surface area (Å²) in [5.41, 5.74) is 1.19. The first-order valence-electron chi connectivity index (χ1n) is 5.86. The normalized spacial score (nSPS) is 16.5. The lowest BCUT2D eigenvalue weighted by Crippen LogP contribution is -2.33. The van der Waals surface area contributed by atoms with Crippen molar-refractivity contribution in [3.8, 4) is 0 Å². The van der Waals surface area contributed by atoms with Gasteiger partial charge in [-0.1, -0.05) is 17.7 Å². The van der Waals surface area contributed by atoms with Crippen molar-refractivity contribution < 1.29 is 0 Å². The van der Waals surface area contributed by atoms with Crippen LogP contribution in [0.1, 0.15) is 18.4 Å². The van der Waals surface area contributed by atoms with Gasteiger partial charge in [-0.15, -0.1) is 12.4 Å². The van der Waals surface area contributed by atoms with Crippen LogP contribution in [0.25, 0.3) is 0 Å². The van der Waals surface area contributed by atoms with Gasteiger partial charge >= 0.3 is 0 Å². The number of hydrogen-bond acceptors (Lipinski definition) is 3. The molecule has 0 radical (unpaired) electrons. The van der Waals surface area contributed by atoms with E-state index in [1.54, 1.807) is 0 Å². The lowest BCUT2D eigenvalue weighted by Gasteiger charge is -2.22. The van der Waals surface area contributed by atoms with Crippen LogP contribution in [0.3, 0.4) is 0 Å². The zero-order valence-corrected chi connectivity index (χ0v) is 11.4. The van der Waals surface area contributed by atoms with Crippen molar-refractivity contribution in [1.82, 2.24) is 15.6 Å². The molecule has 2 heterocycles. The molecule has 0 atom stereocenters. The average Bonchev–Trinajstić information content (AvgIpc) is 2.33. The summed E-state index contributed by atoms with van der Waals surface area (Å²) in [5.74, 6) is 0.821. The second kappa shape index (κ2) is 7.88. The SMILES string of the molecule is Cl.Clc1ccc(CNCC2CCNCC2)cn1. The van der Waals surface area contributed by atoms with Gasteiger partial charge in [-0.05, 0) is 50.0 Å². The molecule has 0 amide bonds. The molecule has 1 saturated heterocycles. The lowest BCUT2D eigenvalue weighted by atomic mass is 9.98. The van der Waals surface area contributed by atoms with E-state index in [1.165, 1.54) is 18.4 Å². The van der Waals surface area contributed by atoms with Crippen LogP contribution in [-0.4, -0.2) is 24.6 Å². The van der Waals surface area contributed by atoms with E-state index in [4.69, 9.17) is 11.6 Å². The predicted molar refractivity (Wildman–Crippen MR) is 73.8 cm³/mol. The second-order valence-electron chi connectivity index (χ2n) is 4.31. The predicted octanol–water partition coefficient (Wildman–Crippen LogP) is 2.25. The van der Waals surface area contributed by atoms with Gasteiger partial charge in [0, 0.05) is 12.7 Å². The van der Waals surface area contributed by atoms with E-state index in [-0.39, 0.29) is 12.4 Å². The highest BCUT2D eigenvalue weighted by molar-refractivity contribution is 6.29. The highest BCUT2D eigenvalue weighted by Crippen LogP contribution is 2.10. The van der Waals surface area contributed by atoms with E-state index in [9.17, 15) is 0 Å². The molecule has 0 aliphatic carbocycles. The fraction of sp³-hybridized carbons (Fsp3) is 0.583. The molecule has 96 valence electrons. The Balaban J connectivity index is 0.00000144. The Labute approximate surface area is 114 Å². The molecule has 1 aliphatic heterocycles. The van der Waals surface area contributed by atoms with E-state index < -0.39 is 0 Å². The number of pyridine rings is 1. The summed E-state index contributed by atoms with van der Waals surface area (Å²) < 4.78 is 0. The Bertz CT molecular complexity index is 310. The van der Waals surface area contributed by atoms with Crippen molar-refractivity contribution in [2.75, 3.05) is 19.6 Å². The molecule has 0 saturated carbocycles. The summed E-state index contributed by atoms with van der Waals surface area (Å²) in [6, 6.07) is 3.86. The molecule has 1 aromatic rings. The maximum absolute atomic E-state index is 5.73. The lowest BCUT2D eigenvalue weighted by molar-refractivity contribution is 0.356. The van der Waals surface area contributed by atoms with Crippen molar-refractivity contribution in [2.24, 2.45) is 5.92 Å². The van der Waals surface area contributed by atoms with E-state index in [0.717, 1.165) is 32.1 Å². The van der Waals surface area contributed by atoms with Crippen LogP contribution in [0, 0.1) is 5.92 Å². The number of rotatable bonds is 4. The molecule has 0 bridgehead atoms. The van der Waals surface area contributed by atoms with Crippen LogP contribution >= 0.6 is 24.0 Å². The Morgan fingerprint density at radius 2 is 2.12 bits per heavy atom. The first kappa shape index (κ1) is 14.7. The first-order chi connectivity index (χ1) is 7.84. The maximum atomic E-state index is 5.73. The number of aromatic nitrogens is 1. The fourth-order valence-electron chi connectivity index (χ4n) is 2.02. The number of nitrogens with one attached hydrogen (secondary N) is 2. The van der Waals surface area contributed by atoms with Gasteiger partial charge in [-0.25, -0.2) is 4.98 Å². The molecule has 3 nitrogen and oxygen atoms in total. The van der Waals surface area contributed by atoms with Crippen LogP contribution in [0.15, 0.2) is 18.3 Å². The highest BCUT2D eigenvalue weighted by Gasteiger charge is 2.11. The third kappa shape index (κ3) is 5.21. The molecule has 1 aliphatic rings. The third-order valence-electron chi connectivity index (χ3n) is 3.01. The van der Waals surface area contributed by atoms with Crippen LogP contribution in [0.2, 0.25) is 5.15 Å². The molecule has 0 aromatic carbocycles. The minimum atomic E-state index is 0. The largest absolute Gasteiger partial charge is 0.317 e. The number of halogens is 2. The highest BCUT2D eigenvalue weighted by atomic mass is 35.5. The summed E-state index contributed by atoms with van der Waals surface area (Å²) in [7, 11) is 0. The standard InChI is InChI=1S/C12H18ClN3.ClH/c13-12-2-1-11(9-16-12)8-15-7-10-3-5-14-6-4-10;/h1-2,9-10,14-15H,3-8H2;1H. The Morgan fingerprint density at radius 3 is 2.76 bits per heavy atom. The van der Waals surface area contributed by atoms with Gasteiger partial charge in [-0.2, -0.15) is 0 Å². The molecule has 2 N–H and O–H groups in total. The van der Waals surface area contributed by atoms with E-state index in [2.05, 4.69) is 15.6 Å². The van der Waals surface area contributed by atoms with Gasteiger partial charge in [0.1, 0.15) is 5.15 Å². The zero-order valence-electron chi connectivity index (χ0n) is 9.79. The average molecular weight is 276 g/mol. The molecule has 17 heavy (non-hydrogen) atoms. The summed E-state index contributed by atoms with van der Waals surface area (Å²) in [4.78, 5) is 4.06. The third-order valence-corrected chi connectivity index (χ3v) is 3.23. The van der Waals surface area contributed by atoms with Crippen molar-refractivity contribution in [3.05, 3.63) is 29.0 Å². The molecule has 0 unspecified atom stereocenters. The van der Waals surface area contributed by atoms with Crippen LogP contribution < -0.4 is 10.6 Å². The Hall–Kier alpha value is -0.350. The second-order valence-corrected chi connectivity index (χ2v) is 4.70. The van der Waals surface area contributed by atoms with Crippen LogP contribution in [-0.2, 0) is 6.54 Å². The summed E-state index contributed by atoms with van der Waals surface area (Å²) in [6.45, 7) is 4.31. The first-order valence-corrected chi connectivity index (χ1v) is 6.24. The Kier molecular flexibility index (Phi) is 6.82. The van der Waals surface area contributed by atoms with Crippen molar-refractivity contribution in [1.29, 1.82) is 0 Å². The molecule has 5 heteroatoms. The van der Waals surface area contributed by atoms with Gasteiger partial charge in [0.25, 0.3) is 0 Å². The van der Waals surface area contributed by atoms with E-state index >= 15 is 0 Å². The van der Waals surface area contributed by atoms with Gasteiger partial charge < -0.3 is 10.6 Å². The monoisotopic (exact) mass is 275 g/mol. The van der Waals surface area contributed by atoms with Crippen molar-refractivity contribution in [3.63, 3.8) is 0 Å². The minimum Gasteiger partial charge on any atom is -0.317 e. The van der Waals surface area contributed by atoms with Gasteiger partial charge in [0.15, 0.2) is 0 Å². The zero-order chi connectivity index (χ0) is 11.2. The number of piperidine rings is 1. The van der Waals surface area contributed by atoms with Crippen molar-refractivity contribution >= 4 is 24.0 Å². The van der Waals surface area contributed by atoms with E-state index in [1.807, 2.05) is 18.3 Å². The maximum Gasteiger partial charge on any atom is 0.129 e. The minimum absolute atomic E-state index is 0. The molecule has 0 spiro atoms. The topological polar surface area (TPSA) is 37.0 Å². The molecular weight excluding hydrogens is 257 g/mol. The molecule has 1 aromatic heterocycles. The molecule has 2 rings (SSSR count). The van der Waals surface area contributed by atoms with Gasteiger partial charge in [0.2, 0.25) is 0 Å². The van der Waals surface area contributed by atoms with Gasteiger partial charge in [0.05, 0.1) is 0 Å². The smallest absolute Gasteiger partial charge is 0.129 e. The molecule has 1 fully saturated rings. The van der Waals surface area contributed by atoms with Crippen LogP contribution in [0.5, 0.6) is 0 Å². The summed E-state index contributed by atoms with van der Waals surface area (Å²) in [6.07, 6.45) is 4.40. The van der Waals surface area contributed by atoms with E-state index in [0.29, 0.717) is 5.15 Å². The number of nitrogens with zero attached hydrogens (tertiary/aromatic N) is 1. The fourth-order valence-corrected chi connectivity index (χ4v) is 2.13. The van der Waals surface area contributed by atoms with Crippen LogP contribution in [0.4, 0.5) is 0 Å². The quantitative estimate of drug-likeness (QED) is 0.828. The Morgan fingerprint density at radius 1 is 1.35 bits per heavy atom. The molecular formula is C12H19Cl2N3. The number of hydrogen-bond donors (Lipinski definition) is 2. The van der Waals surface area contributed by atoms with Gasteiger partial charge in [-0.3, -0.25) is 0 Å². The summed E-state index contributed by atoms with van der Waals surface area (Å²) in [5, 5.41) is 7.41.